The van der Waals surface area contributed by atoms with Crippen LogP contribution in [0, 0.1) is 11.3 Å². The summed E-state index contributed by atoms with van der Waals surface area (Å²) in [4.78, 5) is 9.57. The highest BCUT2D eigenvalue weighted by Crippen LogP contribution is 2.28. The molecule has 0 bridgehead atoms. The van der Waals surface area contributed by atoms with Crippen molar-refractivity contribution in [3.05, 3.63) is 54.5 Å². The maximum Gasteiger partial charge on any atom is 0.115 e. The first-order valence-corrected chi connectivity index (χ1v) is 14.4. The van der Waals surface area contributed by atoms with Crippen molar-refractivity contribution in [2.45, 2.75) is 72.9 Å². The second-order valence-corrected chi connectivity index (χ2v) is 12.7. The number of hydrogen-bond acceptors (Lipinski definition) is 5. The summed E-state index contributed by atoms with van der Waals surface area (Å²) >= 11 is 0. The molecule has 2 N–H and O–H groups in total. The minimum absolute atomic E-state index is 0.306. The molecule has 1 unspecified atom stereocenters. The molecule has 1 atom stereocenters. The zero-order chi connectivity index (χ0) is 27.3. The van der Waals surface area contributed by atoms with Gasteiger partial charge in [0.15, 0.2) is 0 Å². The fraction of sp³-hybridized carbons (Fsp3) is 0.562. The molecular formula is C32H48N6. The van der Waals surface area contributed by atoms with Crippen molar-refractivity contribution in [3.63, 3.8) is 0 Å². The fourth-order valence-corrected chi connectivity index (χ4v) is 5.59. The van der Waals surface area contributed by atoms with Gasteiger partial charge in [0.2, 0.25) is 0 Å². The van der Waals surface area contributed by atoms with Crippen molar-refractivity contribution < 1.29 is 0 Å². The van der Waals surface area contributed by atoms with Crippen LogP contribution in [0.3, 0.4) is 0 Å². The van der Waals surface area contributed by atoms with Crippen molar-refractivity contribution in [1.29, 1.82) is 0 Å². The molecule has 0 saturated carbocycles. The molecule has 1 saturated heterocycles. The topological polar surface area (TPSA) is 60.1 Å². The minimum Gasteiger partial charge on any atom is -0.381 e. The average Bonchev–Trinajstić information content (AvgIpc) is 3.30. The normalized spacial score (nSPS) is 16.3. The summed E-state index contributed by atoms with van der Waals surface area (Å²) < 4.78 is 0. The van der Waals surface area contributed by atoms with E-state index in [9.17, 15) is 0 Å². The van der Waals surface area contributed by atoms with E-state index in [2.05, 4.69) is 103 Å². The van der Waals surface area contributed by atoms with E-state index in [1.165, 1.54) is 31.5 Å². The summed E-state index contributed by atoms with van der Waals surface area (Å²) in [6, 6.07) is 9.15. The largest absolute Gasteiger partial charge is 0.381 e. The van der Waals surface area contributed by atoms with Crippen LogP contribution in [0.1, 0.15) is 71.6 Å². The second kappa shape index (κ2) is 12.4. The van der Waals surface area contributed by atoms with Gasteiger partial charge in [-0.15, -0.1) is 0 Å². The Hall–Kier alpha value is -2.70. The lowest BCUT2D eigenvalue weighted by Gasteiger charge is -2.30. The van der Waals surface area contributed by atoms with Gasteiger partial charge < -0.3 is 10.2 Å². The lowest BCUT2D eigenvalue weighted by atomic mass is 9.96. The third-order valence-electron chi connectivity index (χ3n) is 7.73. The standard InChI is InChI=1S/C32H48N6/c1-8-28(13-14-37(7)22-32(4,5)6)34-24(3)31-29-18-26(9-10-30(29)35-36-31)27-17-25(19-33-20-27)21-38-15-11-23(2)12-16-38/h9-10,17-20,23,28,34H,3,8,11-16,21-22H2,1-2,4-7H3,(H,35,36). The lowest BCUT2D eigenvalue weighted by molar-refractivity contribution is 0.185. The predicted octanol–water partition coefficient (Wildman–Crippen LogP) is 6.56. The Balaban J connectivity index is 1.45. The van der Waals surface area contributed by atoms with Crippen molar-refractivity contribution in [2.24, 2.45) is 11.3 Å². The van der Waals surface area contributed by atoms with E-state index < -0.39 is 0 Å². The molecule has 38 heavy (non-hydrogen) atoms. The summed E-state index contributed by atoms with van der Waals surface area (Å²) in [6.45, 7) is 21.3. The van der Waals surface area contributed by atoms with E-state index in [1.54, 1.807) is 0 Å². The summed E-state index contributed by atoms with van der Waals surface area (Å²) in [5.74, 6) is 0.846. The van der Waals surface area contributed by atoms with Gasteiger partial charge >= 0.3 is 0 Å². The van der Waals surface area contributed by atoms with E-state index in [-0.39, 0.29) is 0 Å². The van der Waals surface area contributed by atoms with E-state index in [0.717, 1.165) is 71.8 Å². The van der Waals surface area contributed by atoms with Gasteiger partial charge in [0.1, 0.15) is 5.69 Å². The summed E-state index contributed by atoms with van der Waals surface area (Å²) in [6.07, 6.45) is 8.68. The Bertz CT molecular complexity index is 1200. The number of nitrogens with one attached hydrogen (secondary N) is 2. The third kappa shape index (κ3) is 7.67. The molecule has 3 aromatic rings. The number of H-pyrrole nitrogens is 1. The number of benzene rings is 1. The molecule has 3 heterocycles. The smallest absolute Gasteiger partial charge is 0.115 e. The molecule has 6 nitrogen and oxygen atoms in total. The van der Waals surface area contributed by atoms with E-state index >= 15 is 0 Å². The Morgan fingerprint density at radius 2 is 1.95 bits per heavy atom. The molecular weight excluding hydrogens is 468 g/mol. The first kappa shape index (κ1) is 28.3. The number of pyridine rings is 1. The number of rotatable bonds is 11. The van der Waals surface area contributed by atoms with Crippen LogP contribution in [-0.4, -0.2) is 64.2 Å². The number of fused-ring (bicyclic) bond motifs is 1. The molecule has 0 spiro atoms. The van der Waals surface area contributed by atoms with E-state index in [0.29, 0.717) is 11.5 Å². The first-order valence-electron chi connectivity index (χ1n) is 14.4. The van der Waals surface area contributed by atoms with Crippen LogP contribution in [0.5, 0.6) is 0 Å². The number of aromatic amines is 1. The number of likely N-dealkylation sites (tertiary alicyclic amines) is 1. The van der Waals surface area contributed by atoms with Gasteiger partial charge in [-0.2, -0.15) is 5.10 Å². The third-order valence-corrected chi connectivity index (χ3v) is 7.73. The first-order chi connectivity index (χ1) is 18.1. The van der Waals surface area contributed by atoms with Gasteiger partial charge in [-0.25, -0.2) is 0 Å². The summed E-state index contributed by atoms with van der Waals surface area (Å²) in [5.41, 5.74) is 6.69. The lowest BCUT2D eigenvalue weighted by Crippen LogP contribution is -2.35. The molecule has 0 aliphatic carbocycles. The van der Waals surface area contributed by atoms with Crippen LogP contribution < -0.4 is 5.32 Å². The van der Waals surface area contributed by atoms with Gasteiger partial charge in [-0.1, -0.05) is 47.3 Å². The zero-order valence-electron chi connectivity index (χ0n) is 24.5. The van der Waals surface area contributed by atoms with Crippen LogP contribution in [0.25, 0.3) is 27.7 Å². The number of nitrogens with zero attached hydrogens (tertiary/aromatic N) is 4. The van der Waals surface area contributed by atoms with Gasteiger partial charge in [0, 0.05) is 42.5 Å². The maximum atomic E-state index is 4.64. The Morgan fingerprint density at radius 3 is 2.66 bits per heavy atom. The van der Waals surface area contributed by atoms with Crippen LogP contribution in [0.2, 0.25) is 0 Å². The minimum atomic E-state index is 0.306. The Morgan fingerprint density at radius 1 is 1.18 bits per heavy atom. The average molecular weight is 517 g/mol. The summed E-state index contributed by atoms with van der Waals surface area (Å²) in [5, 5.41) is 12.6. The van der Waals surface area contributed by atoms with Crippen LogP contribution in [0.4, 0.5) is 0 Å². The van der Waals surface area contributed by atoms with Gasteiger partial charge in [-0.3, -0.25) is 15.0 Å². The molecule has 1 fully saturated rings. The highest BCUT2D eigenvalue weighted by Gasteiger charge is 2.18. The molecule has 0 amide bonds. The number of hydrogen-bond donors (Lipinski definition) is 2. The molecule has 1 aliphatic heterocycles. The monoisotopic (exact) mass is 516 g/mol. The molecule has 4 rings (SSSR count). The fourth-order valence-electron chi connectivity index (χ4n) is 5.59. The zero-order valence-corrected chi connectivity index (χ0v) is 24.5. The molecule has 206 valence electrons. The molecule has 6 heteroatoms. The van der Waals surface area contributed by atoms with Gasteiger partial charge in [0.05, 0.1) is 11.2 Å². The van der Waals surface area contributed by atoms with Crippen LogP contribution in [-0.2, 0) is 6.54 Å². The Kier molecular flexibility index (Phi) is 9.27. The van der Waals surface area contributed by atoms with Crippen molar-refractivity contribution >= 4 is 16.6 Å². The number of piperidine rings is 1. The highest BCUT2D eigenvalue weighted by molar-refractivity contribution is 5.92. The van der Waals surface area contributed by atoms with E-state index in [4.69, 9.17) is 0 Å². The van der Waals surface area contributed by atoms with Crippen molar-refractivity contribution in [1.82, 2.24) is 30.3 Å². The number of aromatic nitrogens is 3. The highest BCUT2D eigenvalue weighted by atomic mass is 15.1. The van der Waals surface area contributed by atoms with Gasteiger partial charge in [-0.05, 0) is 93.0 Å². The molecule has 1 aliphatic rings. The molecule has 1 aromatic carbocycles. The maximum absolute atomic E-state index is 4.64. The van der Waals surface area contributed by atoms with Crippen molar-refractivity contribution in [3.8, 4) is 11.1 Å². The van der Waals surface area contributed by atoms with E-state index in [1.807, 2.05) is 12.4 Å². The predicted molar refractivity (Wildman–Crippen MR) is 161 cm³/mol. The molecule has 0 radical (unpaired) electrons. The van der Waals surface area contributed by atoms with Crippen molar-refractivity contribution in [2.75, 3.05) is 33.2 Å². The second-order valence-electron chi connectivity index (χ2n) is 12.7. The molecule has 2 aromatic heterocycles. The Labute approximate surface area is 229 Å². The van der Waals surface area contributed by atoms with Crippen LogP contribution in [0.15, 0.2) is 43.2 Å². The van der Waals surface area contributed by atoms with Crippen LogP contribution >= 0.6 is 0 Å². The quantitative estimate of drug-likeness (QED) is 0.302. The van der Waals surface area contributed by atoms with Gasteiger partial charge in [0.25, 0.3) is 0 Å². The SMILES string of the molecule is C=C(NC(CC)CCN(C)CC(C)(C)C)c1n[nH]c2ccc(-c3cncc(CN4CCC(C)CC4)c3)cc12. The summed E-state index contributed by atoms with van der Waals surface area (Å²) in [7, 11) is 2.21.